The molecule has 0 unspecified atom stereocenters. The molecule has 0 saturated heterocycles. The van der Waals surface area contributed by atoms with Crippen molar-refractivity contribution in [3.05, 3.63) is 23.8 Å². The van der Waals surface area contributed by atoms with Gasteiger partial charge in [-0.2, -0.15) is 0 Å². The largest absolute Gasteiger partial charge is 0.397 e. The van der Waals surface area contributed by atoms with Crippen molar-refractivity contribution >= 4 is 11.4 Å². The molecule has 1 rings (SSSR count). The average Bonchev–Trinajstić information content (AvgIpc) is 2.06. The van der Waals surface area contributed by atoms with Crippen LogP contribution < -0.4 is 11.1 Å². The third-order valence-corrected chi connectivity index (χ3v) is 1.48. The van der Waals surface area contributed by atoms with Crippen LogP contribution in [0, 0.1) is 11.6 Å². The highest BCUT2D eigenvalue weighted by Crippen LogP contribution is 2.23. The molecular weight excluding hydrogens is 162 g/mol. The van der Waals surface area contributed by atoms with E-state index in [9.17, 15) is 8.78 Å². The highest BCUT2D eigenvalue weighted by atomic mass is 19.2. The molecule has 0 radical (unpaired) electrons. The molecule has 3 N–H and O–H groups in total. The van der Waals surface area contributed by atoms with E-state index in [0.29, 0.717) is 6.54 Å². The van der Waals surface area contributed by atoms with Gasteiger partial charge >= 0.3 is 0 Å². The number of halogens is 2. The van der Waals surface area contributed by atoms with Crippen LogP contribution >= 0.6 is 0 Å². The predicted octanol–water partition coefficient (Wildman–Crippen LogP) is 1.98. The van der Waals surface area contributed by atoms with E-state index >= 15 is 0 Å². The van der Waals surface area contributed by atoms with E-state index in [4.69, 9.17) is 5.73 Å². The summed E-state index contributed by atoms with van der Waals surface area (Å²) in [6.45, 7) is 2.29. The maximum atomic E-state index is 12.9. The number of nitrogens with two attached hydrogens (primary N) is 1. The van der Waals surface area contributed by atoms with Gasteiger partial charge in [0.15, 0.2) is 11.6 Å². The van der Waals surface area contributed by atoms with Gasteiger partial charge < -0.3 is 11.1 Å². The number of anilines is 2. The second kappa shape index (κ2) is 3.38. The van der Waals surface area contributed by atoms with E-state index in [1.165, 1.54) is 6.07 Å². The summed E-state index contributed by atoms with van der Waals surface area (Å²) in [6.07, 6.45) is 0. The number of hydrogen-bond donors (Lipinski definition) is 2. The molecule has 0 aliphatic rings. The SMILES string of the molecule is CCNc1c(N)ccc(F)c1F. The van der Waals surface area contributed by atoms with Gasteiger partial charge in [0.25, 0.3) is 0 Å². The first kappa shape index (κ1) is 8.77. The zero-order valence-corrected chi connectivity index (χ0v) is 6.70. The quantitative estimate of drug-likeness (QED) is 0.669. The van der Waals surface area contributed by atoms with E-state index in [1.807, 2.05) is 0 Å². The highest BCUT2D eigenvalue weighted by molar-refractivity contribution is 5.66. The maximum Gasteiger partial charge on any atom is 0.183 e. The van der Waals surface area contributed by atoms with Crippen LogP contribution in [0.25, 0.3) is 0 Å². The minimum atomic E-state index is -0.920. The number of nitrogen functional groups attached to an aromatic ring is 1. The molecule has 0 saturated carbocycles. The fraction of sp³-hybridized carbons (Fsp3) is 0.250. The molecule has 0 bridgehead atoms. The van der Waals surface area contributed by atoms with Gasteiger partial charge in [0.2, 0.25) is 0 Å². The Hall–Kier alpha value is -1.32. The number of hydrogen-bond acceptors (Lipinski definition) is 2. The molecule has 12 heavy (non-hydrogen) atoms. The lowest BCUT2D eigenvalue weighted by Gasteiger charge is -2.07. The molecule has 0 spiro atoms. The van der Waals surface area contributed by atoms with Crippen LogP contribution in [0.2, 0.25) is 0 Å². The van der Waals surface area contributed by atoms with Crippen LogP contribution in [-0.2, 0) is 0 Å². The second-order valence-corrected chi connectivity index (χ2v) is 2.36. The van der Waals surface area contributed by atoms with Crippen molar-refractivity contribution in [3.63, 3.8) is 0 Å². The second-order valence-electron chi connectivity index (χ2n) is 2.36. The Kier molecular flexibility index (Phi) is 2.47. The third kappa shape index (κ3) is 1.47. The van der Waals surface area contributed by atoms with Crippen LogP contribution in [0.5, 0.6) is 0 Å². The molecule has 0 amide bonds. The Labute approximate surface area is 69.4 Å². The van der Waals surface area contributed by atoms with Gasteiger partial charge in [0.1, 0.15) is 0 Å². The summed E-state index contributed by atoms with van der Waals surface area (Å²) in [5.74, 6) is -1.81. The van der Waals surface area contributed by atoms with Gasteiger partial charge in [-0.15, -0.1) is 0 Å². The number of benzene rings is 1. The zero-order chi connectivity index (χ0) is 9.14. The summed E-state index contributed by atoms with van der Waals surface area (Å²) < 4.78 is 25.5. The fourth-order valence-electron chi connectivity index (χ4n) is 0.922. The summed E-state index contributed by atoms with van der Waals surface area (Å²) >= 11 is 0. The molecule has 0 atom stereocenters. The number of nitrogens with one attached hydrogen (secondary N) is 1. The Morgan fingerprint density at radius 2 is 2.08 bits per heavy atom. The van der Waals surface area contributed by atoms with Gasteiger partial charge in [-0.1, -0.05) is 0 Å². The first-order valence-corrected chi connectivity index (χ1v) is 3.64. The van der Waals surface area contributed by atoms with E-state index in [0.717, 1.165) is 6.07 Å². The normalized spacial score (nSPS) is 9.92. The van der Waals surface area contributed by atoms with Crippen LogP contribution in [0.15, 0.2) is 12.1 Å². The van der Waals surface area contributed by atoms with E-state index in [1.54, 1.807) is 6.92 Å². The van der Waals surface area contributed by atoms with Crippen molar-refractivity contribution in [3.8, 4) is 0 Å². The van der Waals surface area contributed by atoms with Crippen LogP contribution in [0.4, 0.5) is 20.2 Å². The molecule has 0 fully saturated rings. The molecule has 1 aromatic carbocycles. The van der Waals surface area contributed by atoms with Gasteiger partial charge in [-0.05, 0) is 19.1 Å². The summed E-state index contributed by atoms with van der Waals surface area (Å²) in [4.78, 5) is 0. The van der Waals surface area contributed by atoms with Crippen molar-refractivity contribution in [1.82, 2.24) is 0 Å². The predicted molar refractivity (Wildman–Crippen MR) is 44.9 cm³/mol. The molecule has 4 heteroatoms. The minimum absolute atomic E-state index is 0.0394. The molecule has 0 heterocycles. The first-order chi connectivity index (χ1) is 5.66. The van der Waals surface area contributed by atoms with Gasteiger partial charge in [-0.3, -0.25) is 0 Å². The van der Waals surface area contributed by atoms with E-state index in [-0.39, 0.29) is 11.4 Å². The van der Waals surface area contributed by atoms with Gasteiger partial charge in [-0.25, -0.2) is 8.78 Å². The Morgan fingerprint density at radius 3 is 2.67 bits per heavy atom. The van der Waals surface area contributed by atoms with Crippen LogP contribution in [-0.4, -0.2) is 6.54 Å². The van der Waals surface area contributed by atoms with Crippen molar-refractivity contribution in [1.29, 1.82) is 0 Å². The third-order valence-electron chi connectivity index (χ3n) is 1.48. The molecular formula is C8H10F2N2. The number of rotatable bonds is 2. The molecule has 66 valence electrons. The fourth-order valence-corrected chi connectivity index (χ4v) is 0.922. The Morgan fingerprint density at radius 1 is 1.42 bits per heavy atom. The van der Waals surface area contributed by atoms with E-state index < -0.39 is 11.6 Å². The zero-order valence-electron chi connectivity index (χ0n) is 6.70. The minimum Gasteiger partial charge on any atom is -0.397 e. The summed E-state index contributed by atoms with van der Waals surface area (Å²) in [6, 6.07) is 2.34. The lowest BCUT2D eigenvalue weighted by molar-refractivity contribution is 0.511. The Balaban J connectivity index is 3.14. The molecule has 1 aromatic rings. The van der Waals surface area contributed by atoms with Crippen LogP contribution in [0.3, 0.4) is 0 Å². The monoisotopic (exact) mass is 172 g/mol. The van der Waals surface area contributed by atoms with Crippen molar-refractivity contribution < 1.29 is 8.78 Å². The molecule has 0 aromatic heterocycles. The standard InChI is InChI=1S/C8H10F2N2/c1-2-12-8-6(11)4-3-5(9)7(8)10/h3-4,12H,2,11H2,1H3. The average molecular weight is 172 g/mol. The summed E-state index contributed by atoms with van der Waals surface area (Å²) in [5.41, 5.74) is 5.66. The van der Waals surface area contributed by atoms with Crippen molar-refractivity contribution in [2.45, 2.75) is 6.92 Å². The Bertz CT molecular complexity index is 287. The first-order valence-electron chi connectivity index (χ1n) is 3.64. The van der Waals surface area contributed by atoms with Crippen molar-refractivity contribution in [2.24, 2.45) is 0 Å². The van der Waals surface area contributed by atoms with E-state index in [2.05, 4.69) is 5.32 Å². The van der Waals surface area contributed by atoms with Gasteiger partial charge in [0, 0.05) is 6.54 Å². The lowest BCUT2D eigenvalue weighted by Crippen LogP contribution is -2.04. The highest BCUT2D eigenvalue weighted by Gasteiger charge is 2.09. The summed E-state index contributed by atoms with van der Waals surface area (Å²) in [7, 11) is 0. The topological polar surface area (TPSA) is 38.0 Å². The molecule has 2 nitrogen and oxygen atoms in total. The molecule has 0 aliphatic carbocycles. The summed E-state index contributed by atoms with van der Waals surface area (Å²) in [5, 5.41) is 2.64. The smallest absolute Gasteiger partial charge is 0.183 e. The van der Waals surface area contributed by atoms with Gasteiger partial charge in [0.05, 0.1) is 11.4 Å². The van der Waals surface area contributed by atoms with Crippen molar-refractivity contribution in [2.75, 3.05) is 17.6 Å². The lowest BCUT2D eigenvalue weighted by atomic mass is 10.2. The maximum absolute atomic E-state index is 12.9. The van der Waals surface area contributed by atoms with Crippen LogP contribution in [0.1, 0.15) is 6.92 Å². The molecule has 0 aliphatic heterocycles.